The molecule has 1 aliphatic heterocycles. The van der Waals surface area contributed by atoms with Crippen molar-refractivity contribution in [2.24, 2.45) is 23.3 Å². The number of amides is 7. The maximum Gasteiger partial charge on any atom is 0.300 e. The van der Waals surface area contributed by atoms with Crippen LogP contribution in [0.1, 0.15) is 71.9 Å². The molecule has 0 saturated carbocycles. The minimum Gasteiger partial charge on any atom is -0.508 e. The monoisotopic (exact) mass is 840 g/mol. The van der Waals surface area contributed by atoms with Crippen molar-refractivity contribution < 1.29 is 53.7 Å². The normalized spacial score (nSPS) is 15.9. The van der Waals surface area contributed by atoms with Crippen LogP contribution < -0.4 is 38.1 Å². The summed E-state index contributed by atoms with van der Waals surface area (Å²) in [7, 11) is 0. The third-order valence-corrected chi connectivity index (χ3v) is 9.36. The molecule has 19 nitrogen and oxygen atoms in total. The van der Waals surface area contributed by atoms with Gasteiger partial charge in [0.05, 0.1) is 12.6 Å². The number of carbonyl (C=O) groups is 8. The summed E-state index contributed by atoms with van der Waals surface area (Å²) in [5.41, 5.74) is 12.9. The Hall–Kier alpha value is -6.24. The van der Waals surface area contributed by atoms with Crippen molar-refractivity contribution in [3.63, 3.8) is 0 Å². The Morgan fingerprint density at radius 2 is 1.27 bits per heavy atom. The predicted octanol–water partition coefficient (Wildman–Crippen LogP) is -0.445. The van der Waals surface area contributed by atoms with E-state index in [2.05, 4.69) is 26.6 Å². The summed E-state index contributed by atoms with van der Waals surface area (Å²) < 4.78 is 0. The van der Waals surface area contributed by atoms with Crippen LogP contribution in [0.2, 0.25) is 0 Å². The van der Waals surface area contributed by atoms with Gasteiger partial charge in [0.25, 0.3) is 5.97 Å². The number of benzene rings is 2. The second-order valence-electron chi connectivity index (χ2n) is 15.4. The molecule has 1 heterocycles. The summed E-state index contributed by atoms with van der Waals surface area (Å²) in [6, 6.07) is 6.01. The Balaban J connectivity index is 0.00000296. The first-order chi connectivity index (χ1) is 28.1. The summed E-state index contributed by atoms with van der Waals surface area (Å²) in [6.07, 6.45) is 1.38. The number of carboxylic acids is 1. The van der Waals surface area contributed by atoms with Gasteiger partial charge in [-0.25, -0.2) is 0 Å². The minimum absolute atomic E-state index is 0.00327. The highest BCUT2D eigenvalue weighted by Gasteiger charge is 2.38. The number of phenols is 2. The molecule has 0 bridgehead atoms. The van der Waals surface area contributed by atoms with Gasteiger partial charge in [-0.15, -0.1) is 0 Å². The molecule has 1 saturated heterocycles. The lowest BCUT2D eigenvalue weighted by Crippen LogP contribution is -2.58. The van der Waals surface area contributed by atoms with Crippen molar-refractivity contribution in [2.45, 2.75) is 110 Å². The van der Waals surface area contributed by atoms with E-state index in [0.29, 0.717) is 30.5 Å². The van der Waals surface area contributed by atoms with Crippen LogP contribution in [0.15, 0.2) is 48.5 Å². The van der Waals surface area contributed by atoms with E-state index in [9.17, 15) is 43.8 Å². The van der Waals surface area contributed by atoms with Gasteiger partial charge in [0.15, 0.2) is 0 Å². The first kappa shape index (κ1) is 49.9. The van der Waals surface area contributed by atoms with E-state index >= 15 is 0 Å². The first-order valence-electron chi connectivity index (χ1n) is 19.7. The van der Waals surface area contributed by atoms with Crippen molar-refractivity contribution >= 4 is 47.3 Å². The highest BCUT2D eigenvalue weighted by atomic mass is 16.4. The second-order valence-corrected chi connectivity index (χ2v) is 15.4. The average Bonchev–Trinajstić information content (AvgIpc) is 3.67. The number of carbonyl (C=O) groups excluding carboxylic acids is 7. The average molecular weight is 841 g/mol. The van der Waals surface area contributed by atoms with Crippen molar-refractivity contribution in [1.29, 1.82) is 0 Å². The molecule has 1 aliphatic rings. The fraction of sp³-hybridized carbons (Fsp3) is 0.512. The number of nitrogens with zero attached hydrogens (tertiary/aromatic N) is 1. The number of likely N-dealkylation sites (tertiary alicyclic amines) is 1. The molecular weight excluding hydrogens is 780 g/mol. The van der Waals surface area contributed by atoms with E-state index < -0.39 is 96.0 Å². The number of hydrogen-bond donors (Lipinski definition) is 10. The van der Waals surface area contributed by atoms with E-state index in [4.69, 9.17) is 21.4 Å². The van der Waals surface area contributed by atoms with Crippen LogP contribution in [-0.2, 0) is 51.2 Å². The van der Waals surface area contributed by atoms with Gasteiger partial charge in [-0.1, -0.05) is 52.0 Å². The highest BCUT2D eigenvalue weighted by molar-refractivity contribution is 5.96. The molecule has 0 radical (unpaired) electrons. The molecule has 7 amide bonds. The quantitative estimate of drug-likeness (QED) is 0.0861. The highest BCUT2D eigenvalue weighted by Crippen LogP contribution is 2.20. The number of phenolic OH excluding ortho intramolecular Hbond substituents is 2. The smallest absolute Gasteiger partial charge is 0.300 e. The Kier molecular flexibility index (Phi) is 20.0. The summed E-state index contributed by atoms with van der Waals surface area (Å²) in [5, 5.41) is 39.7. The predicted molar refractivity (Wildman–Crippen MR) is 220 cm³/mol. The molecule has 6 atom stereocenters. The molecule has 330 valence electrons. The molecular formula is C41H60N8O11. The van der Waals surface area contributed by atoms with Gasteiger partial charge >= 0.3 is 0 Å². The van der Waals surface area contributed by atoms with Crippen LogP contribution in [0, 0.1) is 11.8 Å². The van der Waals surface area contributed by atoms with E-state index in [1.54, 1.807) is 38.1 Å². The SMILES string of the molecule is CC(=O)O.CC(C)C[C@H](NC(=O)[C@H](Cc1ccc(O)cc1)NC(=O)CNC(=O)[C@@H](NC(=O)[C@H](C)NC(=O)[C@@H](N)Cc1ccc(O)cc1)C(C)C)C(=O)N1CCC[C@H]1C(N)=O. The maximum atomic E-state index is 13.8. The number of aromatic hydroxyl groups is 2. The molecule has 0 unspecified atom stereocenters. The van der Waals surface area contributed by atoms with Crippen LogP contribution >= 0.6 is 0 Å². The lowest BCUT2D eigenvalue weighted by atomic mass is 10.00. The minimum atomic E-state index is -1.22. The van der Waals surface area contributed by atoms with Gasteiger partial charge in [0, 0.05) is 19.9 Å². The zero-order valence-electron chi connectivity index (χ0n) is 34.9. The summed E-state index contributed by atoms with van der Waals surface area (Å²) in [5.74, 6) is -5.70. The van der Waals surface area contributed by atoms with Crippen LogP contribution in [-0.4, -0.2) is 117 Å². The van der Waals surface area contributed by atoms with Gasteiger partial charge in [-0.2, -0.15) is 0 Å². The summed E-state index contributed by atoms with van der Waals surface area (Å²) in [6.45, 7) is 9.37. The number of aliphatic carboxylic acids is 1. The third-order valence-electron chi connectivity index (χ3n) is 9.36. The molecule has 0 aliphatic carbocycles. The number of primary amides is 1. The van der Waals surface area contributed by atoms with Crippen LogP contribution in [0.5, 0.6) is 11.5 Å². The molecule has 1 fully saturated rings. The fourth-order valence-corrected chi connectivity index (χ4v) is 6.27. The number of nitrogens with one attached hydrogen (secondary N) is 5. The van der Waals surface area contributed by atoms with E-state index in [-0.39, 0.29) is 36.7 Å². The van der Waals surface area contributed by atoms with Crippen molar-refractivity contribution in [1.82, 2.24) is 31.5 Å². The lowest BCUT2D eigenvalue weighted by Gasteiger charge is -2.30. The number of rotatable bonds is 19. The molecule has 12 N–H and O–H groups in total. The van der Waals surface area contributed by atoms with Gasteiger partial charge in [-0.3, -0.25) is 38.4 Å². The Bertz CT molecular complexity index is 1800. The standard InChI is InChI=1S/C39H56N8O9.C2H4O2/c1-21(2)17-30(39(56)47-16-6-7-31(47)34(41)51)45-37(54)29(19-25-10-14-27(49)15-11-25)44-32(50)20-42-38(55)33(22(3)4)46-35(52)23(5)43-36(53)28(40)18-24-8-12-26(48)13-9-24;1-2(3)4/h8-15,21-23,28-31,33,48-49H,6-7,16-20,40H2,1-5H3,(H2,41,51)(H,42,55)(H,43,53)(H,44,50)(H,45,54)(H,46,52);1H3,(H,3,4)/t23-,28-,29-,30-,31-,33-;/m0./s1. The summed E-state index contributed by atoms with van der Waals surface area (Å²) >= 11 is 0. The number of hydrogen-bond acceptors (Lipinski definition) is 11. The Morgan fingerprint density at radius 3 is 1.77 bits per heavy atom. The zero-order chi connectivity index (χ0) is 45.3. The van der Waals surface area contributed by atoms with Crippen LogP contribution in [0.25, 0.3) is 0 Å². The van der Waals surface area contributed by atoms with Gasteiger partial charge < -0.3 is 58.3 Å². The summed E-state index contributed by atoms with van der Waals surface area (Å²) in [4.78, 5) is 102. The second kappa shape index (κ2) is 24.0. The lowest BCUT2D eigenvalue weighted by molar-refractivity contribution is -0.141. The van der Waals surface area contributed by atoms with Crippen molar-refractivity contribution in [2.75, 3.05) is 13.1 Å². The topological polar surface area (TPSA) is 313 Å². The number of carboxylic acid groups (broad SMARTS) is 1. The first-order valence-corrected chi connectivity index (χ1v) is 19.7. The van der Waals surface area contributed by atoms with E-state index in [0.717, 1.165) is 6.92 Å². The van der Waals surface area contributed by atoms with Gasteiger partial charge in [0.2, 0.25) is 41.4 Å². The van der Waals surface area contributed by atoms with Gasteiger partial charge in [0.1, 0.15) is 41.7 Å². The molecule has 60 heavy (non-hydrogen) atoms. The Labute approximate surface area is 349 Å². The third kappa shape index (κ3) is 16.9. The van der Waals surface area contributed by atoms with Crippen LogP contribution in [0.4, 0.5) is 0 Å². The van der Waals surface area contributed by atoms with E-state index in [1.165, 1.54) is 36.1 Å². The molecule has 0 spiro atoms. The van der Waals surface area contributed by atoms with Crippen LogP contribution in [0.3, 0.4) is 0 Å². The zero-order valence-corrected chi connectivity index (χ0v) is 34.9. The molecule has 19 heteroatoms. The van der Waals surface area contributed by atoms with Crippen molar-refractivity contribution in [3.05, 3.63) is 59.7 Å². The Morgan fingerprint density at radius 1 is 0.733 bits per heavy atom. The molecule has 2 aromatic rings. The van der Waals surface area contributed by atoms with Crippen molar-refractivity contribution in [3.8, 4) is 11.5 Å². The van der Waals surface area contributed by atoms with E-state index in [1.807, 2.05) is 13.8 Å². The fourth-order valence-electron chi connectivity index (χ4n) is 6.27. The maximum absolute atomic E-state index is 13.8. The molecule has 2 aromatic carbocycles. The largest absolute Gasteiger partial charge is 0.508 e. The molecule has 3 rings (SSSR count). The number of nitrogens with two attached hydrogens (primary N) is 2. The molecule has 0 aromatic heterocycles. The van der Waals surface area contributed by atoms with Gasteiger partial charge in [-0.05, 0) is 79.8 Å².